The summed E-state index contributed by atoms with van der Waals surface area (Å²) in [4.78, 5) is 6.48. The maximum atomic E-state index is 13.7. The minimum absolute atomic E-state index is 0.175. The molecule has 0 aliphatic heterocycles. The van der Waals surface area contributed by atoms with Gasteiger partial charge >= 0.3 is 7.60 Å². The van der Waals surface area contributed by atoms with E-state index in [0.717, 1.165) is 12.8 Å². The molecule has 0 aromatic rings. The fourth-order valence-electron chi connectivity index (χ4n) is 3.41. The maximum Gasteiger partial charge on any atom is 0.350 e. The van der Waals surface area contributed by atoms with E-state index in [-0.39, 0.29) is 17.1 Å². The second-order valence-electron chi connectivity index (χ2n) is 8.98. The monoisotopic (exact) mass is 377 g/mol. The molecule has 1 atom stereocenters. The van der Waals surface area contributed by atoms with Crippen LogP contribution < -0.4 is 0 Å². The molecule has 0 N–H and O–H groups in total. The van der Waals surface area contributed by atoms with E-state index in [1.807, 2.05) is 18.9 Å². The fraction of sp³-hybridized carbons (Fsp3) is 1.00. The molecular formula is C19H40NO4P. The third kappa shape index (κ3) is 6.62. The minimum atomic E-state index is -3.37. The maximum absolute atomic E-state index is 13.7. The van der Waals surface area contributed by atoms with Gasteiger partial charge < -0.3 is 9.05 Å². The van der Waals surface area contributed by atoms with E-state index in [2.05, 4.69) is 41.5 Å². The highest BCUT2D eigenvalue weighted by molar-refractivity contribution is 7.54. The third-order valence-corrected chi connectivity index (χ3v) is 7.21. The molecule has 0 heterocycles. The van der Waals surface area contributed by atoms with Gasteiger partial charge in [0.1, 0.15) is 5.78 Å². The summed E-state index contributed by atoms with van der Waals surface area (Å²) in [7, 11) is -3.37. The van der Waals surface area contributed by atoms with Crippen molar-refractivity contribution < 1.29 is 18.5 Å². The van der Waals surface area contributed by atoms with Crippen LogP contribution in [-0.2, 0) is 18.5 Å². The first kappa shape index (κ1) is 23.1. The first-order chi connectivity index (χ1) is 11.5. The van der Waals surface area contributed by atoms with Gasteiger partial charge in [0.2, 0.25) is 0 Å². The van der Waals surface area contributed by atoms with E-state index < -0.39 is 13.4 Å². The lowest BCUT2D eigenvalue weighted by Crippen LogP contribution is -2.54. The van der Waals surface area contributed by atoms with Gasteiger partial charge in [0.25, 0.3) is 0 Å². The van der Waals surface area contributed by atoms with Crippen molar-refractivity contribution in [1.29, 1.82) is 0 Å². The zero-order valence-electron chi connectivity index (χ0n) is 17.6. The summed E-state index contributed by atoms with van der Waals surface area (Å²) >= 11 is 0. The van der Waals surface area contributed by atoms with Crippen LogP contribution in [0, 0.1) is 5.41 Å². The van der Waals surface area contributed by atoms with Crippen molar-refractivity contribution in [3.8, 4) is 0 Å². The minimum Gasteiger partial charge on any atom is -0.308 e. The lowest BCUT2D eigenvalue weighted by molar-refractivity contribution is -0.270. The average molecular weight is 378 g/mol. The molecule has 25 heavy (non-hydrogen) atoms. The van der Waals surface area contributed by atoms with Crippen LogP contribution in [0.25, 0.3) is 0 Å². The summed E-state index contributed by atoms with van der Waals surface area (Å²) in [6.07, 6.45) is 5.94. The first-order valence-electron chi connectivity index (χ1n) is 9.80. The lowest BCUT2D eigenvalue weighted by Gasteiger charge is -2.48. The molecule has 0 amide bonds. The van der Waals surface area contributed by atoms with Gasteiger partial charge in [-0.15, -0.1) is 0 Å². The molecule has 1 rings (SSSR count). The van der Waals surface area contributed by atoms with Gasteiger partial charge in [-0.3, -0.25) is 9.40 Å². The summed E-state index contributed by atoms with van der Waals surface area (Å²) < 4.78 is 25.2. The van der Waals surface area contributed by atoms with E-state index in [1.54, 1.807) is 0 Å². The molecule has 6 heteroatoms. The van der Waals surface area contributed by atoms with Crippen molar-refractivity contribution in [1.82, 2.24) is 5.06 Å². The smallest absolute Gasteiger partial charge is 0.308 e. The van der Waals surface area contributed by atoms with Crippen LogP contribution in [0.5, 0.6) is 0 Å². The molecule has 0 saturated heterocycles. The van der Waals surface area contributed by atoms with Gasteiger partial charge in [-0.2, -0.15) is 5.06 Å². The van der Waals surface area contributed by atoms with Crippen molar-refractivity contribution in [3.05, 3.63) is 0 Å². The highest BCUT2D eigenvalue weighted by Gasteiger charge is 2.51. The molecule has 1 fully saturated rings. The number of hydrogen-bond acceptors (Lipinski definition) is 5. The Hall–Kier alpha value is 0.0700. The Morgan fingerprint density at radius 2 is 1.44 bits per heavy atom. The summed E-state index contributed by atoms with van der Waals surface area (Å²) in [6, 6.07) is 0. The molecule has 5 nitrogen and oxygen atoms in total. The second kappa shape index (κ2) is 9.32. The molecule has 1 aliphatic rings. The molecule has 150 valence electrons. The fourth-order valence-corrected chi connectivity index (χ4v) is 6.09. The molecule has 1 aliphatic carbocycles. The predicted octanol–water partition coefficient (Wildman–Crippen LogP) is 5.99. The Morgan fingerprint density at radius 3 is 1.80 bits per heavy atom. The normalized spacial score (nSPS) is 19.4. The molecule has 0 bridgehead atoms. The molecular weight excluding hydrogens is 337 g/mol. The Bertz CT molecular complexity index is 426. The van der Waals surface area contributed by atoms with E-state index in [4.69, 9.17) is 13.9 Å². The van der Waals surface area contributed by atoms with E-state index in [1.165, 1.54) is 19.3 Å². The van der Waals surface area contributed by atoms with Crippen LogP contribution in [-0.4, -0.2) is 35.7 Å². The Kier molecular flexibility index (Phi) is 8.62. The topological polar surface area (TPSA) is 48.0 Å². The molecule has 0 aromatic heterocycles. The standard InChI is InChI=1S/C19H40NO4P/c1-9-22-25(21,23-10-2)17(18(3,4)5)20(19(6,7)8)24-16-14-12-11-13-15-16/h16-17H,9-15H2,1-8H3. The van der Waals surface area contributed by atoms with Crippen LogP contribution in [0.4, 0.5) is 0 Å². The number of nitrogens with zero attached hydrogens (tertiary/aromatic N) is 1. The lowest BCUT2D eigenvalue weighted by atomic mass is 9.93. The zero-order valence-corrected chi connectivity index (χ0v) is 18.5. The van der Waals surface area contributed by atoms with Crippen LogP contribution in [0.2, 0.25) is 0 Å². The summed E-state index contributed by atoms with van der Waals surface area (Å²) in [6.45, 7) is 16.9. The van der Waals surface area contributed by atoms with Gasteiger partial charge in [0, 0.05) is 5.54 Å². The van der Waals surface area contributed by atoms with Crippen molar-refractivity contribution in [2.75, 3.05) is 13.2 Å². The van der Waals surface area contributed by atoms with Crippen molar-refractivity contribution >= 4 is 7.60 Å². The summed E-state index contributed by atoms with van der Waals surface area (Å²) in [5, 5.41) is 1.93. The van der Waals surface area contributed by atoms with E-state index in [9.17, 15) is 4.57 Å². The molecule has 1 saturated carbocycles. The molecule has 1 unspecified atom stereocenters. The highest BCUT2D eigenvalue weighted by Crippen LogP contribution is 2.61. The largest absolute Gasteiger partial charge is 0.350 e. The zero-order chi connectivity index (χ0) is 19.3. The highest BCUT2D eigenvalue weighted by atomic mass is 31.2. The van der Waals surface area contributed by atoms with Crippen molar-refractivity contribution in [2.45, 2.75) is 105 Å². The second-order valence-corrected chi connectivity index (χ2v) is 11.1. The average Bonchev–Trinajstić information content (AvgIpc) is 2.45. The van der Waals surface area contributed by atoms with Gasteiger partial charge in [-0.25, -0.2) is 0 Å². The Balaban J connectivity index is 3.26. The molecule has 0 aromatic carbocycles. The number of rotatable bonds is 8. The third-order valence-electron chi connectivity index (χ3n) is 4.39. The Morgan fingerprint density at radius 1 is 0.960 bits per heavy atom. The first-order valence-corrected chi connectivity index (χ1v) is 11.4. The van der Waals surface area contributed by atoms with Gasteiger partial charge in [0.05, 0.1) is 19.3 Å². The SMILES string of the molecule is CCOP(=O)(OCC)C(N(OC1CCCCC1)C(C)(C)C)C(C)(C)C. The van der Waals surface area contributed by atoms with Crippen molar-refractivity contribution in [3.63, 3.8) is 0 Å². The van der Waals surface area contributed by atoms with Gasteiger partial charge in [-0.1, -0.05) is 40.0 Å². The van der Waals surface area contributed by atoms with Crippen molar-refractivity contribution in [2.24, 2.45) is 5.41 Å². The van der Waals surface area contributed by atoms with Crippen LogP contribution in [0.1, 0.15) is 87.5 Å². The van der Waals surface area contributed by atoms with Gasteiger partial charge in [0.15, 0.2) is 0 Å². The molecule has 0 radical (unpaired) electrons. The predicted molar refractivity (Wildman–Crippen MR) is 104 cm³/mol. The summed E-state index contributed by atoms with van der Waals surface area (Å²) in [5.74, 6) is -0.471. The van der Waals surface area contributed by atoms with E-state index in [0.29, 0.717) is 13.2 Å². The van der Waals surface area contributed by atoms with Crippen LogP contribution >= 0.6 is 7.60 Å². The van der Waals surface area contributed by atoms with Crippen LogP contribution in [0.3, 0.4) is 0 Å². The molecule has 0 spiro atoms. The van der Waals surface area contributed by atoms with E-state index >= 15 is 0 Å². The number of hydroxylamine groups is 2. The number of hydrogen-bond donors (Lipinski definition) is 0. The quantitative estimate of drug-likeness (QED) is 0.384. The van der Waals surface area contributed by atoms with Crippen LogP contribution in [0.15, 0.2) is 0 Å². The Labute approximate surface area is 155 Å². The summed E-state index contributed by atoms with van der Waals surface area (Å²) in [5.41, 5.74) is -0.652. The van der Waals surface area contributed by atoms with Gasteiger partial charge in [-0.05, 0) is 52.9 Å².